The molecule has 0 aromatic heterocycles. The van der Waals surface area contributed by atoms with E-state index in [0.717, 1.165) is 64.2 Å². The molecule has 4 unspecified atom stereocenters. The molecule has 0 aliphatic heterocycles. The molecule has 2 aromatic rings. The first-order chi connectivity index (χ1) is 28.2. The molecule has 0 radical (unpaired) electrons. The van der Waals surface area contributed by atoms with Gasteiger partial charge in [-0.2, -0.15) is 0 Å². The second kappa shape index (κ2) is 42.1. The molecule has 0 amide bonds. The van der Waals surface area contributed by atoms with Gasteiger partial charge in [0.25, 0.3) is 0 Å². The van der Waals surface area contributed by atoms with E-state index in [1.54, 1.807) is 0 Å². The number of carboxylic acids is 2. The largest absolute Gasteiger partial charge is 2.00 e. The van der Waals surface area contributed by atoms with Crippen molar-refractivity contribution in [3.8, 4) is 0 Å². The molecule has 8 nitrogen and oxygen atoms in total. The number of carbonyl (C=O) groups excluding carboxylic acids is 2. The van der Waals surface area contributed by atoms with Crippen LogP contribution in [0, 0.1) is 0 Å². The SMILES string of the molecule is CC(O)CCCCCCCCCCC(CCCCC(=O)[O-])OCc1ccccc1.CC(O)CCCCCCCCCCC(CCCCC(=O)[O-])OCc1ccccc1.[Ba+2]. The van der Waals surface area contributed by atoms with Crippen molar-refractivity contribution in [1.29, 1.82) is 0 Å². The van der Waals surface area contributed by atoms with E-state index in [1.807, 2.05) is 50.2 Å². The zero-order chi connectivity index (χ0) is 42.3. The maximum absolute atomic E-state index is 10.6. The monoisotopic (exact) mass is 949 g/mol. The van der Waals surface area contributed by atoms with E-state index in [4.69, 9.17) is 9.47 Å². The molecule has 0 spiro atoms. The van der Waals surface area contributed by atoms with Crippen LogP contribution in [0.3, 0.4) is 0 Å². The van der Waals surface area contributed by atoms with E-state index in [1.165, 1.54) is 101 Å². The number of carbonyl (C=O) groups is 2. The van der Waals surface area contributed by atoms with Gasteiger partial charge in [0.2, 0.25) is 0 Å². The number of benzene rings is 2. The molecule has 332 valence electrons. The van der Waals surface area contributed by atoms with Crippen LogP contribution in [0.15, 0.2) is 60.7 Å². The maximum Gasteiger partial charge on any atom is 2.00 e. The third kappa shape index (κ3) is 40.6. The first-order valence-corrected chi connectivity index (χ1v) is 23.2. The van der Waals surface area contributed by atoms with Gasteiger partial charge in [0.1, 0.15) is 0 Å². The van der Waals surface area contributed by atoms with Crippen molar-refractivity contribution in [2.75, 3.05) is 0 Å². The maximum atomic E-state index is 10.6. The molecule has 0 fully saturated rings. The Labute approximate surface area is 400 Å². The molecule has 4 atom stereocenters. The number of aliphatic hydroxyl groups is 2. The fraction of sp³-hybridized carbons (Fsp3) is 0.720. The smallest absolute Gasteiger partial charge is 0.550 e. The van der Waals surface area contributed by atoms with E-state index in [9.17, 15) is 30.0 Å². The average Bonchev–Trinajstić information content (AvgIpc) is 3.20. The fourth-order valence-corrected chi connectivity index (χ4v) is 7.23. The number of aliphatic carboxylic acids is 2. The zero-order valence-electron chi connectivity index (χ0n) is 37.3. The minimum Gasteiger partial charge on any atom is -0.550 e. The summed E-state index contributed by atoms with van der Waals surface area (Å²) >= 11 is 0. The van der Waals surface area contributed by atoms with Crippen molar-refractivity contribution in [2.24, 2.45) is 0 Å². The van der Waals surface area contributed by atoms with Crippen LogP contribution in [0.5, 0.6) is 0 Å². The summed E-state index contributed by atoms with van der Waals surface area (Å²) < 4.78 is 12.3. The summed E-state index contributed by atoms with van der Waals surface area (Å²) in [5.41, 5.74) is 2.37. The van der Waals surface area contributed by atoms with Gasteiger partial charge in [-0.1, -0.05) is 176 Å². The zero-order valence-corrected chi connectivity index (χ0v) is 41.8. The van der Waals surface area contributed by atoms with Crippen LogP contribution in [0.1, 0.15) is 205 Å². The Morgan fingerprint density at radius 3 is 0.966 bits per heavy atom. The predicted molar refractivity (Wildman–Crippen MR) is 238 cm³/mol. The van der Waals surface area contributed by atoms with Gasteiger partial charge in [-0.25, -0.2) is 0 Å². The van der Waals surface area contributed by atoms with Crippen LogP contribution in [-0.2, 0) is 32.3 Å². The number of aliphatic hydroxyl groups excluding tert-OH is 2. The predicted octanol–water partition coefficient (Wildman–Crippen LogP) is 9.95. The molecule has 0 heterocycles. The minimum absolute atomic E-state index is 0. The molecule has 0 aliphatic rings. The molecule has 0 saturated carbocycles. The van der Waals surface area contributed by atoms with Crippen molar-refractivity contribution in [3.05, 3.63) is 71.8 Å². The topological polar surface area (TPSA) is 139 Å². The summed E-state index contributed by atoms with van der Waals surface area (Å²) in [7, 11) is 0. The van der Waals surface area contributed by atoms with Gasteiger partial charge in [0.05, 0.1) is 37.6 Å². The van der Waals surface area contributed by atoms with Gasteiger partial charge in [0.15, 0.2) is 0 Å². The van der Waals surface area contributed by atoms with E-state index >= 15 is 0 Å². The Balaban J connectivity index is 0.00000112. The molecule has 2 rings (SSSR count). The fourth-order valence-electron chi connectivity index (χ4n) is 7.23. The van der Waals surface area contributed by atoms with Crippen molar-refractivity contribution in [2.45, 2.75) is 231 Å². The molecule has 2 N–H and O–H groups in total. The van der Waals surface area contributed by atoms with Crippen LogP contribution in [0.2, 0.25) is 0 Å². The van der Waals surface area contributed by atoms with Crippen LogP contribution < -0.4 is 10.2 Å². The molecular weight excluding hydrogens is 866 g/mol. The number of ether oxygens (including phenoxy) is 2. The molecule has 9 heteroatoms. The Morgan fingerprint density at radius 2 is 0.695 bits per heavy atom. The summed E-state index contributed by atoms with van der Waals surface area (Å²) in [4.78, 5) is 21.2. The molecule has 0 bridgehead atoms. The van der Waals surface area contributed by atoms with Crippen LogP contribution in [-0.4, -0.2) is 95.4 Å². The van der Waals surface area contributed by atoms with Crippen molar-refractivity contribution in [1.82, 2.24) is 0 Å². The first kappa shape index (κ1) is 57.8. The Morgan fingerprint density at radius 1 is 0.441 bits per heavy atom. The summed E-state index contributed by atoms with van der Waals surface area (Å²) in [6.45, 7) is 4.97. The molecule has 59 heavy (non-hydrogen) atoms. The number of hydrogen-bond acceptors (Lipinski definition) is 8. The summed E-state index contributed by atoms with van der Waals surface area (Å²) in [5.74, 6) is -1.92. The van der Waals surface area contributed by atoms with Gasteiger partial charge in [0, 0.05) is 11.9 Å². The van der Waals surface area contributed by atoms with E-state index < -0.39 is 11.9 Å². The van der Waals surface area contributed by atoms with Gasteiger partial charge < -0.3 is 39.5 Å². The third-order valence-corrected chi connectivity index (χ3v) is 10.8. The molecule has 0 saturated heterocycles. The van der Waals surface area contributed by atoms with Crippen LogP contribution in [0.4, 0.5) is 0 Å². The van der Waals surface area contributed by atoms with Crippen LogP contribution >= 0.6 is 0 Å². The Bertz CT molecular complexity index is 1100. The quantitative estimate of drug-likeness (QED) is 0.0501. The summed E-state index contributed by atoms with van der Waals surface area (Å²) in [5, 5.41) is 39.7. The first-order valence-electron chi connectivity index (χ1n) is 23.2. The minimum atomic E-state index is -0.961. The number of rotatable bonds is 38. The Kier molecular flexibility index (Phi) is 41.2. The standard InChI is InChI=1S/2C25H42O4.Ba/c2*1-22(26)15-9-6-4-2-3-5-7-12-18-24(19-13-14-20-25(27)28)29-21-23-16-10-8-11-17-23;/h2*8,10-11,16-17,22,24,26H,2-7,9,12-15,18-21H2,1H3,(H,27,28);/q;;+2/p-2. The van der Waals surface area contributed by atoms with Crippen molar-refractivity contribution < 1.29 is 39.5 Å². The van der Waals surface area contributed by atoms with E-state index in [2.05, 4.69) is 24.3 Å². The average molecular weight is 949 g/mol. The second-order valence-corrected chi connectivity index (χ2v) is 16.6. The van der Waals surface area contributed by atoms with E-state index in [-0.39, 0.29) is 86.1 Å². The molecular formula is C50H82BaO8. The summed E-state index contributed by atoms with van der Waals surface area (Å²) in [6, 6.07) is 20.4. The number of hydrogen-bond donors (Lipinski definition) is 2. The van der Waals surface area contributed by atoms with Gasteiger partial charge in [-0.3, -0.25) is 0 Å². The van der Waals surface area contributed by atoms with Crippen molar-refractivity contribution in [3.63, 3.8) is 0 Å². The third-order valence-electron chi connectivity index (χ3n) is 10.8. The van der Waals surface area contributed by atoms with Crippen LogP contribution in [0.25, 0.3) is 0 Å². The number of unbranched alkanes of at least 4 members (excludes halogenated alkanes) is 16. The Hall–Kier alpha value is -1.21. The molecule has 0 aliphatic carbocycles. The van der Waals surface area contributed by atoms with Gasteiger partial charge >= 0.3 is 48.9 Å². The van der Waals surface area contributed by atoms with Gasteiger partial charge in [-0.05, 0) is 89.2 Å². The van der Waals surface area contributed by atoms with E-state index in [0.29, 0.717) is 26.1 Å². The molecule has 2 aromatic carbocycles. The summed E-state index contributed by atoms with van der Waals surface area (Å²) in [6.07, 6.45) is 29.0. The normalized spacial score (nSPS) is 13.1. The number of carboxylic acid groups (broad SMARTS) is 2. The van der Waals surface area contributed by atoms with Crippen molar-refractivity contribution >= 4 is 60.8 Å². The van der Waals surface area contributed by atoms with Gasteiger partial charge in [-0.15, -0.1) is 0 Å². The second-order valence-electron chi connectivity index (χ2n) is 16.6.